The number of fused-ring (bicyclic) bond motifs is 1. The molecule has 0 bridgehead atoms. The minimum absolute atomic E-state index is 0.294. The summed E-state index contributed by atoms with van der Waals surface area (Å²) >= 11 is 0. The summed E-state index contributed by atoms with van der Waals surface area (Å²) in [5, 5.41) is 2.99. The lowest BCUT2D eigenvalue weighted by atomic mass is 10.1. The van der Waals surface area contributed by atoms with Gasteiger partial charge >= 0.3 is 0 Å². The van der Waals surface area contributed by atoms with Crippen LogP contribution in [-0.4, -0.2) is 11.5 Å². The molecule has 0 radical (unpaired) electrons. The van der Waals surface area contributed by atoms with Gasteiger partial charge in [-0.3, -0.25) is 4.98 Å². The van der Waals surface area contributed by atoms with Crippen LogP contribution in [0.25, 0.3) is 5.57 Å². The zero-order chi connectivity index (χ0) is 7.84. The van der Waals surface area contributed by atoms with E-state index in [1.165, 1.54) is 6.20 Å². The van der Waals surface area contributed by atoms with Gasteiger partial charge in [-0.05, 0) is 5.57 Å². The molecule has 0 aromatic carbocycles. The molecular formula is C8H7FN2. The Bertz CT molecular complexity index is 320. The van der Waals surface area contributed by atoms with Gasteiger partial charge in [-0.25, -0.2) is 4.39 Å². The fraction of sp³-hybridized carbons (Fsp3) is 0.125. The molecule has 2 nitrogen and oxygen atoms in total. The maximum atomic E-state index is 13.0. The van der Waals surface area contributed by atoms with Crippen molar-refractivity contribution in [3.8, 4) is 0 Å². The SMILES string of the molecule is C=C1CNc2cncc(F)c21. The number of pyridine rings is 1. The molecule has 0 fully saturated rings. The molecule has 0 aliphatic carbocycles. The van der Waals surface area contributed by atoms with Gasteiger partial charge in [0, 0.05) is 12.1 Å². The van der Waals surface area contributed by atoms with Gasteiger partial charge in [0.2, 0.25) is 0 Å². The van der Waals surface area contributed by atoms with Crippen molar-refractivity contribution in [3.63, 3.8) is 0 Å². The summed E-state index contributed by atoms with van der Waals surface area (Å²) in [5.41, 5.74) is 2.12. The maximum absolute atomic E-state index is 13.0. The number of halogens is 1. The highest BCUT2D eigenvalue weighted by Gasteiger charge is 2.17. The van der Waals surface area contributed by atoms with Crippen molar-refractivity contribution < 1.29 is 4.39 Å². The highest BCUT2D eigenvalue weighted by molar-refractivity contribution is 5.82. The van der Waals surface area contributed by atoms with Crippen molar-refractivity contribution in [1.82, 2.24) is 4.98 Å². The van der Waals surface area contributed by atoms with E-state index >= 15 is 0 Å². The van der Waals surface area contributed by atoms with E-state index in [2.05, 4.69) is 16.9 Å². The molecule has 1 aromatic rings. The number of nitrogens with one attached hydrogen (secondary N) is 1. The van der Waals surface area contributed by atoms with E-state index in [-0.39, 0.29) is 5.82 Å². The van der Waals surface area contributed by atoms with Crippen LogP contribution in [0, 0.1) is 5.82 Å². The van der Waals surface area contributed by atoms with Crippen LogP contribution >= 0.6 is 0 Å². The topological polar surface area (TPSA) is 24.9 Å². The lowest BCUT2D eigenvalue weighted by Crippen LogP contribution is -1.90. The average Bonchev–Trinajstić information content (AvgIpc) is 2.34. The molecule has 0 amide bonds. The molecule has 2 heterocycles. The molecule has 11 heavy (non-hydrogen) atoms. The average molecular weight is 150 g/mol. The fourth-order valence-corrected chi connectivity index (χ4v) is 1.22. The zero-order valence-corrected chi connectivity index (χ0v) is 5.89. The number of aromatic nitrogens is 1. The van der Waals surface area contributed by atoms with Gasteiger partial charge in [-0.1, -0.05) is 6.58 Å². The summed E-state index contributed by atoms with van der Waals surface area (Å²) in [5.74, 6) is -0.294. The third kappa shape index (κ3) is 0.808. The number of hydrogen-bond donors (Lipinski definition) is 1. The highest BCUT2D eigenvalue weighted by atomic mass is 19.1. The Morgan fingerprint density at radius 3 is 3.09 bits per heavy atom. The Morgan fingerprint density at radius 1 is 1.55 bits per heavy atom. The van der Waals surface area contributed by atoms with Gasteiger partial charge in [0.25, 0.3) is 0 Å². The normalized spacial score (nSPS) is 14.5. The first kappa shape index (κ1) is 6.34. The second-order valence-electron chi connectivity index (χ2n) is 2.50. The van der Waals surface area contributed by atoms with Crippen molar-refractivity contribution in [3.05, 3.63) is 30.4 Å². The van der Waals surface area contributed by atoms with Gasteiger partial charge in [0.05, 0.1) is 18.1 Å². The molecule has 56 valence electrons. The van der Waals surface area contributed by atoms with E-state index in [9.17, 15) is 4.39 Å². The van der Waals surface area contributed by atoms with Crippen molar-refractivity contribution in [1.29, 1.82) is 0 Å². The Hall–Kier alpha value is -1.38. The number of anilines is 1. The summed E-state index contributed by atoms with van der Waals surface area (Å²) in [6.07, 6.45) is 2.81. The van der Waals surface area contributed by atoms with Crippen LogP contribution in [-0.2, 0) is 0 Å². The molecule has 0 atom stereocenters. The molecular weight excluding hydrogens is 143 g/mol. The van der Waals surface area contributed by atoms with E-state index in [1.807, 2.05) is 0 Å². The van der Waals surface area contributed by atoms with Crippen LogP contribution < -0.4 is 5.32 Å². The minimum Gasteiger partial charge on any atom is -0.379 e. The van der Waals surface area contributed by atoms with Crippen molar-refractivity contribution >= 4 is 11.3 Å². The summed E-state index contributed by atoms with van der Waals surface area (Å²) < 4.78 is 13.0. The molecule has 1 aliphatic heterocycles. The van der Waals surface area contributed by atoms with Crippen LogP contribution in [0.5, 0.6) is 0 Å². The monoisotopic (exact) mass is 150 g/mol. The Kier molecular flexibility index (Phi) is 1.18. The lowest BCUT2D eigenvalue weighted by Gasteiger charge is -1.97. The molecule has 1 N–H and O–H groups in total. The summed E-state index contributed by atoms with van der Waals surface area (Å²) in [6, 6.07) is 0. The van der Waals surface area contributed by atoms with Gasteiger partial charge < -0.3 is 5.32 Å². The second kappa shape index (κ2) is 2.05. The minimum atomic E-state index is -0.294. The fourth-order valence-electron chi connectivity index (χ4n) is 1.22. The molecule has 0 unspecified atom stereocenters. The molecule has 0 saturated carbocycles. The highest BCUT2D eigenvalue weighted by Crippen LogP contribution is 2.30. The number of rotatable bonds is 0. The van der Waals surface area contributed by atoms with E-state index in [4.69, 9.17) is 0 Å². The van der Waals surface area contributed by atoms with Crippen LogP contribution in [0.2, 0.25) is 0 Å². The molecule has 3 heteroatoms. The van der Waals surface area contributed by atoms with Gasteiger partial charge in [-0.15, -0.1) is 0 Å². The predicted octanol–water partition coefficient (Wildman–Crippen LogP) is 1.66. The molecule has 0 saturated heterocycles. The maximum Gasteiger partial charge on any atom is 0.151 e. The molecule has 1 aliphatic rings. The summed E-state index contributed by atoms with van der Waals surface area (Å²) in [6.45, 7) is 4.35. The first-order valence-corrected chi connectivity index (χ1v) is 3.34. The van der Waals surface area contributed by atoms with Crippen molar-refractivity contribution in [2.24, 2.45) is 0 Å². The van der Waals surface area contributed by atoms with Crippen LogP contribution in [0.4, 0.5) is 10.1 Å². The standard InChI is InChI=1S/C8H7FN2/c1-5-2-11-7-4-10-3-6(9)8(5)7/h3-4,11H,1-2H2. The van der Waals surface area contributed by atoms with Crippen molar-refractivity contribution in [2.75, 3.05) is 11.9 Å². The smallest absolute Gasteiger partial charge is 0.151 e. The summed E-state index contributed by atoms with van der Waals surface area (Å²) in [7, 11) is 0. The third-order valence-corrected chi connectivity index (χ3v) is 1.75. The van der Waals surface area contributed by atoms with Crippen LogP contribution in [0.15, 0.2) is 19.0 Å². The van der Waals surface area contributed by atoms with Crippen molar-refractivity contribution in [2.45, 2.75) is 0 Å². The third-order valence-electron chi connectivity index (χ3n) is 1.75. The summed E-state index contributed by atoms with van der Waals surface area (Å²) in [4.78, 5) is 3.71. The lowest BCUT2D eigenvalue weighted by molar-refractivity contribution is 0.619. The number of hydrogen-bond acceptors (Lipinski definition) is 2. The van der Waals surface area contributed by atoms with E-state index in [0.29, 0.717) is 12.1 Å². The van der Waals surface area contributed by atoms with E-state index < -0.39 is 0 Å². The largest absolute Gasteiger partial charge is 0.379 e. The number of nitrogens with zero attached hydrogens (tertiary/aromatic N) is 1. The Balaban J connectivity index is 2.68. The first-order valence-electron chi connectivity index (χ1n) is 3.34. The first-order chi connectivity index (χ1) is 5.29. The van der Waals surface area contributed by atoms with Gasteiger partial charge in [0.15, 0.2) is 5.82 Å². The van der Waals surface area contributed by atoms with Gasteiger partial charge in [0.1, 0.15) is 0 Å². The Morgan fingerprint density at radius 2 is 2.36 bits per heavy atom. The zero-order valence-electron chi connectivity index (χ0n) is 5.89. The predicted molar refractivity (Wildman–Crippen MR) is 41.7 cm³/mol. The van der Waals surface area contributed by atoms with E-state index in [0.717, 1.165) is 11.3 Å². The van der Waals surface area contributed by atoms with Crippen LogP contribution in [0.3, 0.4) is 0 Å². The van der Waals surface area contributed by atoms with Gasteiger partial charge in [-0.2, -0.15) is 0 Å². The van der Waals surface area contributed by atoms with Crippen LogP contribution in [0.1, 0.15) is 5.56 Å². The second-order valence-corrected chi connectivity index (χ2v) is 2.50. The quantitative estimate of drug-likeness (QED) is 0.608. The molecule has 2 rings (SSSR count). The molecule has 1 aromatic heterocycles. The van der Waals surface area contributed by atoms with E-state index in [1.54, 1.807) is 6.20 Å². The Labute approximate surface area is 63.8 Å². The molecule has 0 spiro atoms.